The van der Waals surface area contributed by atoms with Crippen molar-refractivity contribution in [1.82, 2.24) is 0 Å². The molecule has 0 aromatic rings. The maximum atomic E-state index is 5.79. The Morgan fingerprint density at radius 2 is 1.79 bits per heavy atom. The summed E-state index contributed by atoms with van der Waals surface area (Å²) in [6.07, 6.45) is 9.28. The third-order valence-electron chi connectivity index (χ3n) is 3.02. The molecule has 0 radical (unpaired) electrons. The van der Waals surface area contributed by atoms with Gasteiger partial charge >= 0.3 is 0 Å². The SMILES string of the molecule is CC(C)=C[SiH2]OCC1C2C=CC1C=C2. The Kier molecular flexibility index (Phi) is 3.04. The summed E-state index contributed by atoms with van der Waals surface area (Å²) in [5.74, 6) is 2.05. The number of hydrogen-bond donors (Lipinski definition) is 0. The molecule has 0 spiro atoms. The van der Waals surface area contributed by atoms with Gasteiger partial charge < -0.3 is 4.43 Å². The van der Waals surface area contributed by atoms with Crippen molar-refractivity contribution in [1.29, 1.82) is 0 Å². The molecule has 0 amide bonds. The van der Waals surface area contributed by atoms with Crippen molar-refractivity contribution < 1.29 is 4.43 Å². The predicted molar refractivity (Wildman–Crippen MR) is 62.7 cm³/mol. The summed E-state index contributed by atoms with van der Waals surface area (Å²) in [6.45, 7) is 5.23. The fourth-order valence-corrected chi connectivity index (χ4v) is 2.98. The smallest absolute Gasteiger partial charge is 0.185 e. The van der Waals surface area contributed by atoms with E-state index in [1.807, 2.05) is 0 Å². The highest BCUT2D eigenvalue weighted by molar-refractivity contribution is 6.34. The minimum Gasteiger partial charge on any atom is -0.419 e. The summed E-state index contributed by atoms with van der Waals surface area (Å²) in [7, 11) is -0.405. The molecule has 2 bridgehead atoms. The van der Waals surface area contributed by atoms with Crippen LogP contribution in [0.5, 0.6) is 0 Å². The largest absolute Gasteiger partial charge is 0.419 e. The molecule has 2 aliphatic carbocycles. The maximum absolute atomic E-state index is 5.79. The molecule has 0 heterocycles. The van der Waals surface area contributed by atoms with Crippen LogP contribution in [0.1, 0.15) is 13.8 Å². The van der Waals surface area contributed by atoms with Crippen LogP contribution in [0.25, 0.3) is 0 Å². The highest BCUT2D eigenvalue weighted by Gasteiger charge is 2.32. The molecule has 14 heavy (non-hydrogen) atoms. The first-order chi connectivity index (χ1) is 6.77. The fraction of sp³-hybridized carbons (Fsp3) is 0.500. The van der Waals surface area contributed by atoms with Gasteiger partial charge in [-0.2, -0.15) is 0 Å². The lowest BCUT2D eigenvalue weighted by Crippen LogP contribution is -2.16. The van der Waals surface area contributed by atoms with Gasteiger partial charge in [0.2, 0.25) is 0 Å². The zero-order valence-corrected chi connectivity index (χ0v) is 10.4. The molecule has 2 rings (SSSR count). The minimum atomic E-state index is -0.405. The Morgan fingerprint density at radius 1 is 1.21 bits per heavy atom. The number of rotatable bonds is 4. The second-order valence-corrected chi connectivity index (χ2v) is 5.56. The van der Waals surface area contributed by atoms with Crippen molar-refractivity contribution in [2.75, 3.05) is 6.61 Å². The van der Waals surface area contributed by atoms with Crippen LogP contribution in [-0.4, -0.2) is 16.4 Å². The first-order valence-corrected chi connectivity index (χ1v) is 6.74. The number of allylic oxidation sites excluding steroid dienone is 5. The molecule has 0 fully saturated rings. The molecule has 0 unspecified atom stereocenters. The topological polar surface area (TPSA) is 9.23 Å². The summed E-state index contributed by atoms with van der Waals surface area (Å²) < 4.78 is 5.79. The molecule has 2 aliphatic rings. The van der Waals surface area contributed by atoms with E-state index in [0.29, 0.717) is 17.8 Å². The van der Waals surface area contributed by atoms with Gasteiger partial charge in [-0.05, 0) is 13.8 Å². The van der Waals surface area contributed by atoms with E-state index < -0.39 is 9.76 Å². The monoisotopic (exact) mass is 206 g/mol. The average molecular weight is 206 g/mol. The lowest BCUT2D eigenvalue weighted by Gasteiger charge is -2.15. The molecule has 1 nitrogen and oxygen atoms in total. The van der Waals surface area contributed by atoms with Gasteiger partial charge in [-0.1, -0.05) is 35.6 Å². The Labute approximate surface area is 88.5 Å². The zero-order valence-electron chi connectivity index (χ0n) is 8.94. The maximum Gasteiger partial charge on any atom is 0.185 e. The summed E-state index contributed by atoms with van der Waals surface area (Å²) in [5.41, 5.74) is 3.67. The van der Waals surface area contributed by atoms with Crippen LogP contribution in [0.4, 0.5) is 0 Å². The standard InChI is InChI=1S/C12H18OSi/c1-9(2)8-14-13-7-12-10-3-4-11(12)6-5-10/h3-6,8,10-12H,7,14H2,1-2H3. The van der Waals surface area contributed by atoms with Gasteiger partial charge in [-0.25, -0.2) is 0 Å². The van der Waals surface area contributed by atoms with Gasteiger partial charge in [0.1, 0.15) is 0 Å². The summed E-state index contributed by atoms with van der Waals surface area (Å²) in [6, 6.07) is 0. The van der Waals surface area contributed by atoms with E-state index in [2.05, 4.69) is 43.9 Å². The van der Waals surface area contributed by atoms with Crippen molar-refractivity contribution in [3.63, 3.8) is 0 Å². The lowest BCUT2D eigenvalue weighted by atomic mass is 9.97. The van der Waals surface area contributed by atoms with E-state index in [4.69, 9.17) is 4.43 Å². The second kappa shape index (κ2) is 4.28. The van der Waals surface area contributed by atoms with Gasteiger partial charge in [0.05, 0.1) is 0 Å². The van der Waals surface area contributed by atoms with Crippen molar-refractivity contribution in [2.45, 2.75) is 13.8 Å². The zero-order chi connectivity index (χ0) is 9.97. The Bertz CT molecular complexity index is 257. The van der Waals surface area contributed by atoms with Crippen LogP contribution in [0.15, 0.2) is 35.6 Å². The van der Waals surface area contributed by atoms with Crippen molar-refractivity contribution in [3.8, 4) is 0 Å². The van der Waals surface area contributed by atoms with E-state index in [1.54, 1.807) is 0 Å². The van der Waals surface area contributed by atoms with E-state index in [0.717, 1.165) is 6.61 Å². The molecule has 76 valence electrons. The van der Waals surface area contributed by atoms with E-state index in [9.17, 15) is 0 Å². The summed E-state index contributed by atoms with van der Waals surface area (Å²) in [4.78, 5) is 0. The molecule has 2 heteroatoms. The van der Waals surface area contributed by atoms with Crippen LogP contribution in [-0.2, 0) is 4.43 Å². The summed E-state index contributed by atoms with van der Waals surface area (Å²) >= 11 is 0. The molecule has 0 aliphatic heterocycles. The molecule has 0 atom stereocenters. The van der Waals surface area contributed by atoms with E-state index in [-0.39, 0.29) is 0 Å². The van der Waals surface area contributed by atoms with Gasteiger partial charge in [-0.3, -0.25) is 0 Å². The molecule has 0 N–H and O–H groups in total. The van der Waals surface area contributed by atoms with Gasteiger partial charge in [0.25, 0.3) is 0 Å². The second-order valence-electron chi connectivity index (χ2n) is 4.41. The molecule has 0 saturated carbocycles. The van der Waals surface area contributed by atoms with Crippen LogP contribution >= 0.6 is 0 Å². The van der Waals surface area contributed by atoms with Gasteiger partial charge in [0, 0.05) is 24.4 Å². The average Bonchev–Trinajstić information content (AvgIpc) is 2.71. The number of hydrogen-bond acceptors (Lipinski definition) is 1. The fourth-order valence-electron chi connectivity index (χ4n) is 2.12. The van der Waals surface area contributed by atoms with Crippen molar-refractivity contribution in [3.05, 3.63) is 35.6 Å². The first kappa shape index (κ1) is 9.93. The highest BCUT2D eigenvalue weighted by Crippen LogP contribution is 2.38. The molecule has 0 aromatic carbocycles. The molecular weight excluding hydrogens is 188 g/mol. The quantitative estimate of drug-likeness (QED) is 0.388. The predicted octanol–water partition coefficient (Wildman–Crippen LogP) is 2.00. The van der Waals surface area contributed by atoms with E-state index in [1.165, 1.54) is 5.57 Å². The van der Waals surface area contributed by atoms with Crippen LogP contribution in [0, 0.1) is 17.8 Å². The first-order valence-electron chi connectivity index (χ1n) is 5.35. The van der Waals surface area contributed by atoms with Gasteiger partial charge in [-0.15, -0.1) is 0 Å². The van der Waals surface area contributed by atoms with E-state index >= 15 is 0 Å². The van der Waals surface area contributed by atoms with Crippen molar-refractivity contribution in [2.24, 2.45) is 17.8 Å². The van der Waals surface area contributed by atoms with Crippen LogP contribution in [0.2, 0.25) is 0 Å². The van der Waals surface area contributed by atoms with Crippen LogP contribution < -0.4 is 0 Å². The molecular formula is C12H18OSi. The molecule has 0 saturated heterocycles. The Hall–Kier alpha value is -0.603. The third-order valence-corrected chi connectivity index (χ3v) is 4.47. The normalized spacial score (nSPS) is 33.4. The van der Waals surface area contributed by atoms with Crippen molar-refractivity contribution >= 4 is 9.76 Å². The van der Waals surface area contributed by atoms with Crippen LogP contribution in [0.3, 0.4) is 0 Å². The number of fused-ring (bicyclic) bond motifs is 2. The summed E-state index contributed by atoms with van der Waals surface area (Å²) in [5, 5.41) is 0. The Balaban J connectivity index is 1.71. The van der Waals surface area contributed by atoms with Gasteiger partial charge in [0.15, 0.2) is 9.76 Å². The highest BCUT2D eigenvalue weighted by atomic mass is 28.2. The Morgan fingerprint density at radius 3 is 2.29 bits per heavy atom. The molecule has 0 aromatic heterocycles. The minimum absolute atomic E-state index is 0.405. The lowest BCUT2D eigenvalue weighted by molar-refractivity contribution is 0.239. The third kappa shape index (κ3) is 2.07.